The molecule has 0 aromatic heterocycles. The molecule has 0 saturated carbocycles. The number of carboxylic acid groups (broad SMARTS) is 1. The molecule has 1 aliphatic rings. The Bertz CT molecular complexity index is 1170. The smallest absolute Gasteiger partial charge is 0.344 e. The van der Waals surface area contributed by atoms with Gasteiger partial charge in [0.25, 0.3) is 5.91 Å². The fourth-order valence-corrected chi connectivity index (χ4v) is 3.45. The molecule has 0 radical (unpaired) electrons. The maximum Gasteiger partial charge on any atom is 0.344 e. The minimum absolute atomic E-state index is 0.107. The summed E-state index contributed by atoms with van der Waals surface area (Å²) in [5.41, 5.74) is 1.92. The van der Waals surface area contributed by atoms with Crippen molar-refractivity contribution < 1.29 is 33.7 Å². The van der Waals surface area contributed by atoms with Crippen molar-refractivity contribution in [3.05, 3.63) is 58.1 Å². The van der Waals surface area contributed by atoms with E-state index in [2.05, 4.69) is 5.10 Å². The average Bonchev–Trinajstić information content (AvgIpc) is 3.07. The average molecular weight is 487 g/mol. The zero-order valence-electron chi connectivity index (χ0n) is 18.8. The van der Waals surface area contributed by atoms with Gasteiger partial charge in [0.05, 0.1) is 40.8 Å². The van der Waals surface area contributed by atoms with Crippen molar-refractivity contribution >= 4 is 46.9 Å². The van der Waals surface area contributed by atoms with Gasteiger partial charge in [0, 0.05) is 0 Å². The van der Waals surface area contributed by atoms with Crippen LogP contribution in [-0.2, 0) is 14.3 Å². The lowest BCUT2D eigenvalue weighted by atomic mass is 10.1. The van der Waals surface area contributed by atoms with E-state index in [1.54, 1.807) is 39.0 Å². The first-order valence-corrected chi connectivity index (χ1v) is 10.8. The summed E-state index contributed by atoms with van der Waals surface area (Å²) < 4.78 is 16.0. The number of carbonyl (C=O) groups is 3. The van der Waals surface area contributed by atoms with Crippen LogP contribution in [0.15, 0.2) is 47.1 Å². The SMILES string of the molecule is CCOC(=O)COc1c(Cl)cc(/C=C2\C(=O)N(c3ccc(C(=O)O)cc3)N=C2C)cc1OCC. The van der Waals surface area contributed by atoms with Gasteiger partial charge in [-0.3, -0.25) is 4.79 Å². The summed E-state index contributed by atoms with van der Waals surface area (Å²) in [5, 5.41) is 14.8. The van der Waals surface area contributed by atoms with E-state index in [4.69, 9.17) is 30.9 Å². The lowest BCUT2D eigenvalue weighted by Crippen LogP contribution is -2.21. The number of esters is 1. The number of carboxylic acids is 1. The van der Waals surface area contributed by atoms with Crippen molar-refractivity contribution in [2.24, 2.45) is 5.10 Å². The second-order valence-corrected chi connectivity index (χ2v) is 7.48. The number of hydrogen-bond acceptors (Lipinski definition) is 7. The number of hydrazone groups is 1. The first kappa shape index (κ1) is 24.8. The summed E-state index contributed by atoms with van der Waals surface area (Å²) in [7, 11) is 0. The molecule has 0 spiro atoms. The summed E-state index contributed by atoms with van der Waals surface area (Å²) in [5.74, 6) is -1.46. The largest absolute Gasteiger partial charge is 0.490 e. The summed E-state index contributed by atoms with van der Waals surface area (Å²) in [6, 6.07) is 9.07. The molecule has 0 fully saturated rings. The first-order valence-electron chi connectivity index (χ1n) is 10.4. The Labute approximate surface area is 201 Å². The van der Waals surface area contributed by atoms with E-state index in [0.717, 1.165) is 0 Å². The van der Waals surface area contributed by atoms with Crippen LogP contribution >= 0.6 is 11.6 Å². The molecule has 0 saturated heterocycles. The van der Waals surface area contributed by atoms with Gasteiger partial charge < -0.3 is 19.3 Å². The van der Waals surface area contributed by atoms with Crippen LogP contribution in [0, 0.1) is 0 Å². The number of carbonyl (C=O) groups excluding carboxylic acids is 2. The van der Waals surface area contributed by atoms with Crippen molar-refractivity contribution in [1.29, 1.82) is 0 Å². The summed E-state index contributed by atoms with van der Waals surface area (Å²) in [6.45, 7) is 5.41. The van der Waals surface area contributed by atoms with Crippen LogP contribution in [0.2, 0.25) is 5.02 Å². The molecule has 1 aliphatic heterocycles. The molecule has 9 nitrogen and oxygen atoms in total. The fraction of sp³-hybridized carbons (Fsp3) is 0.250. The molecular weight excluding hydrogens is 464 g/mol. The Morgan fingerprint density at radius 1 is 1.12 bits per heavy atom. The summed E-state index contributed by atoms with van der Waals surface area (Å²) in [6.07, 6.45) is 1.62. The van der Waals surface area contributed by atoms with E-state index < -0.39 is 11.9 Å². The Hall–Kier alpha value is -3.85. The minimum Gasteiger partial charge on any atom is -0.490 e. The predicted molar refractivity (Wildman–Crippen MR) is 127 cm³/mol. The zero-order valence-corrected chi connectivity index (χ0v) is 19.6. The van der Waals surface area contributed by atoms with Gasteiger partial charge in [-0.1, -0.05) is 11.6 Å². The third-order valence-electron chi connectivity index (χ3n) is 4.70. The number of halogens is 1. The number of rotatable bonds is 9. The molecule has 1 amide bonds. The molecule has 3 rings (SSSR count). The van der Waals surface area contributed by atoms with Crippen molar-refractivity contribution in [3.63, 3.8) is 0 Å². The van der Waals surface area contributed by atoms with Gasteiger partial charge in [-0.2, -0.15) is 10.1 Å². The fourth-order valence-electron chi connectivity index (χ4n) is 3.18. The molecule has 10 heteroatoms. The first-order chi connectivity index (χ1) is 16.2. The van der Waals surface area contributed by atoms with Crippen molar-refractivity contribution in [1.82, 2.24) is 0 Å². The van der Waals surface area contributed by atoms with E-state index >= 15 is 0 Å². The van der Waals surface area contributed by atoms with Crippen molar-refractivity contribution in [2.75, 3.05) is 24.8 Å². The topological polar surface area (TPSA) is 115 Å². The van der Waals surface area contributed by atoms with E-state index in [-0.39, 0.29) is 35.5 Å². The number of nitrogens with zero attached hydrogens (tertiary/aromatic N) is 2. The molecule has 0 unspecified atom stereocenters. The quantitative estimate of drug-likeness (QED) is 0.417. The van der Waals surface area contributed by atoms with Gasteiger partial charge in [0.1, 0.15) is 0 Å². The van der Waals surface area contributed by atoms with Crippen LogP contribution in [0.4, 0.5) is 5.69 Å². The molecule has 178 valence electrons. The standard InChI is InChI=1S/C24H23ClN2O7/c1-4-32-20-12-15(11-19(25)22(20)34-13-21(28)33-5-2)10-18-14(3)26-27(23(18)29)17-8-6-16(7-9-17)24(30)31/h6-12H,4-5,13H2,1-3H3,(H,30,31)/b18-10-. The maximum atomic E-state index is 13.0. The van der Waals surface area contributed by atoms with Crippen LogP contribution in [-0.4, -0.2) is 48.5 Å². The Morgan fingerprint density at radius 3 is 2.44 bits per heavy atom. The molecule has 1 heterocycles. The van der Waals surface area contributed by atoms with E-state index in [1.807, 2.05) is 0 Å². The van der Waals surface area contributed by atoms with Gasteiger partial charge in [0.2, 0.25) is 0 Å². The minimum atomic E-state index is -1.06. The molecule has 2 aromatic rings. The Kier molecular flexibility index (Phi) is 7.91. The number of amides is 1. The molecule has 2 aromatic carbocycles. The Morgan fingerprint density at radius 2 is 1.82 bits per heavy atom. The molecule has 0 bridgehead atoms. The van der Waals surface area contributed by atoms with Gasteiger partial charge in [-0.05, 0) is 68.8 Å². The maximum absolute atomic E-state index is 13.0. The van der Waals surface area contributed by atoms with E-state index in [9.17, 15) is 14.4 Å². The number of anilines is 1. The van der Waals surface area contributed by atoms with Crippen LogP contribution in [0.5, 0.6) is 11.5 Å². The number of aromatic carboxylic acids is 1. The van der Waals surface area contributed by atoms with Gasteiger partial charge >= 0.3 is 11.9 Å². The molecule has 1 N–H and O–H groups in total. The highest BCUT2D eigenvalue weighted by atomic mass is 35.5. The second kappa shape index (κ2) is 10.8. The summed E-state index contributed by atoms with van der Waals surface area (Å²) >= 11 is 6.39. The molecule has 0 aliphatic carbocycles. The van der Waals surface area contributed by atoms with Gasteiger partial charge in [-0.25, -0.2) is 9.59 Å². The second-order valence-electron chi connectivity index (χ2n) is 7.07. The van der Waals surface area contributed by atoms with Crippen molar-refractivity contribution in [2.45, 2.75) is 20.8 Å². The van der Waals surface area contributed by atoms with Crippen LogP contribution in [0.1, 0.15) is 36.7 Å². The Balaban J connectivity index is 1.88. The lowest BCUT2D eigenvalue weighted by Gasteiger charge is -2.14. The third kappa shape index (κ3) is 5.55. The van der Waals surface area contributed by atoms with Crippen LogP contribution < -0.4 is 14.5 Å². The number of benzene rings is 2. The van der Waals surface area contributed by atoms with E-state index in [1.165, 1.54) is 29.3 Å². The number of ether oxygens (including phenoxy) is 3. The van der Waals surface area contributed by atoms with Crippen molar-refractivity contribution in [3.8, 4) is 11.5 Å². The number of hydrogen-bond donors (Lipinski definition) is 1. The summed E-state index contributed by atoms with van der Waals surface area (Å²) in [4.78, 5) is 35.7. The van der Waals surface area contributed by atoms with Gasteiger partial charge in [-0.15, -0.1) is 0 Å². The molecule has 34 heavy (non-hydrogen) atoms. The lowest BCUT2D eigenvalue weighted by molar-refractivity contribution is -0.145. The van der Waals surface area contributed by atoms with Gasteiger partial charge in [0.15, 0.2) is 18.1 Å². The normalized spacial score (nSPS) is 14.2. The predicted octanol–water partition coefficient (Wildman–Crippen LogP) is 4.18. The zero-order chi connectivity index (χ0) is 24.8. The molecule has 0 atom stereocenters. The van der Waals surface area contributed by atoms with Crippen LogP contribution in [0.3, 0.4) is 0 Å². The van der Waals surface area contributed by atoms with Crippen LogP contribution in [0.25, 0.3) is 6.08 Å². The highest BCUT2D eigenvalue weighted by molar-refractivity contribution is 6.33. The molecular formula is C24H23ClN2O7. The monoisotopic (exact) mass is 486 g/mol. The third-order valence-corrected chi connectivity index (χ3v) is 4.98. The van der Waals surface area contributed by atoms with E-state index in [0.29, 0.717) is 34.9 Å². The highest BCUT2D eigenvalue weighted by Gasteiger charge is 2.29. The highest BCUT2D eigenvalue weighted by Crippen LogP contribution is 2.38.